The van der Waals surface area contributed by atoms with Crippen LogP contribution < -0.4 is 5.14 Å². The monoisotopic (exact) mass is 173 g/mol. The molecule has 1 aliphatic rings. The first-order valence-corrected chi connectivity index (χ1v) is 4.95. The predicted molar refractivity (Wildman–Crippen MR) is 44.2 cm³/mol. The van der Waals surface area contributed by atoms with Gasteiger partial charge < -0.3 is 0 Å². The fourth-order valence-electron chi connectivity index (χ4n) is 1.09. The molecule has 0 aromatic heterocycles. The van der Waals surface area contributed by atoms with Crippen molar-refractivity contribution in [3.8, 4) is 0 Å². The van der Waals surface area contributed by atoms with Gasteiger partial charge >= 0.3 is 0 Å². The van der Waals surface area contributed by atoms with E-state index in [1.54, 1.807) is 13.0 Å². The lowest BCUT2D eigenvalue weighted by Crippen LogP contribution is -2.15. The van der Waals surface area contributed by atoms with Crippen molar-refractivity contribution >= 4 is 10.0 Å². The van der Waals surface area contributed by atoms with Crippen LogP contribution in [0.3, 0.4) is 0 Å². The molecule has 0 saturated heterocycles. The van der Waals surface area contributed by atoms with Crippen LogP contribution >= 0.6 is 0 Å². The number of sulfonamides is 1. The standard InChI is InChI=1S/C7H11NO2S/c1-6-4-2-3-5-7(6)11(8,9)10/h3,5H,2,4H2,1H3,(H2,8,9,10). The zero-order valence-corrected chi connectivity index (χ0v) is 7.19. The summed E-state index contributed by atoms with van der Waals surface area (Å²) in [5.41, 5.74) is 0.856. The SMILES string of the molecule is CC1=C(S(N)(=O)=O)C=CCC1. The Labute approximate surface area is 66.6 Å². The van der Waals surface area contributed by atoms with Crippen molar-refractivity contribution in [2.75, 3.05) is 0 Å². The molecule has 0 bridgehead atoms. The van der Waals surface area contributed by atoms with Crippen LogP contribution in [0.4, 0.5) is 0 Å². The highest BCUT2D eigenvalue weighted by Gasteiger charge is 2.14. The molecule has 0 spiro atoms. The van der Waals surface area contributed by atoms with Gasteiger partial charge in [-0.1, -0.05) is 11.6 Å². The van der Waals surface area contributed by atoms with Crippen molar-refractivity contribution < 1.29 is 8.42 Å². The Morgan fingerprint density at radius 2 is 2.18 bits per heavy atom. The zero-order chi connectivity index (χ0) is 8.48. The summed E-state index contributed by atoms with van der Waals surface area (Å²) in [4.78, 5) is 0.281. The highest BCUT2D eigenvalue weighted by molar-refractivity contribution is 7.93. The zero-order valence-electron chi connectivity index (χ0n) is 6.37. The minimum atomic E-state index is -3.48. The number of hydrogen-bond donors (Lipinski definition) is 1. The molecule has 0 unspecified atom stereocenters. The molecule has 0 aromatic rings. The fraction of sp³-hybridized carbons (Fsp3) is 0.429. The summed E-state index contributed by atoms with van der Waals surface area (Å²) in [7, 11) is -3.48. The van der Waals surface area contributed by atoms with Gasteiger partial charge in [-0.2, -0.15) is 0 Å². The van der Waals surface area contributed by atoms with E-state index in [1.807, 2.05) is 6.08 Å². The summed E-state index contributed by atoms with van der Waals surface area (Å²) < 4.78 is 21.7. The predicted octanol–water partition coefficient (Wildman–Crippen LogP) is 0.899. The lowest BCUT2D eigenvalue weighted by atomic mass is 10.1. The minimum absolute atomic E-state index is 0.281. The first-order valence-electron chi connectivity index (χ1n) is 3.41. The molecule has 0 heterocycles. The molecule has 1 aliphatic carbocycles. The number of allylic oxidation sites excluding steroid dienone is 3. The summed E-state index contributed by atoms with van der Waals surface area (Å²) >= 11 is 0. The molecule has 0 fully saturated rings. The smallest absolute Gasteiger partial charge is 0.225 e. The van der Waals surface area contributed by atoms with Gasteiger partial charge in [-0.25, -0.2) is 13.6 Å². The molecule has 0 saturated carbocycles. The first kappa shape index (κ1) is 8.49. The Kier molecular flexibility index (Phi) is 2.15. The number of hydrogen-bond acceptors (Lipinski definition) is 2. The number of nitrogens with two attached hydrogens (primary N) is 1. The average Bonchev–Trinajstić information content (AvgIpc) is 1.86. The molecule has 11 heavy (non-hydrogen) atoms. The Hall–Kier alpha value is -0.610. The molecule has 0 aliphatic heterocycles. The molecule has 3 nitrogen and oxygen atoms in total. The highest BCUT2D eigenvalue weighted by Crippen LogP contribution is 2.20. The normalized spacial score (nSPS) is 19.1. The van der Waals surface area contributed by atoms with E-state index in [2.05, 4.69) is 0 Å². The third kappa shape index (κ3) is 1.91. The maximum absolute atomic E-state index is 10.9. The van der Waals surface area contributed by atoms with Gasteiger partial charge in [0.1, 0.15) is 0 Å². The topological polar surface area (TPSA) is 60.2 Å². The Bertz CT molecular complexity index is 311. The van der Waals surface area contributed by atoms with E-state index < -0.39 is 10.0 Å². The van der Waals surface area contributed by atoms with Crippen LogP contribution in [0.5, 0.6) is 0 Å². The first-order chi connectivity index (χ1) is 5.02. The lowest BCUT2D eigenvalue weighted by Gasteiger charge is -2.09. The van der Waals surface area contributed by atoms with Crippen molar-refractivity contribution in [3.05, 3.63) is 22.6 Å². The largest absolute Gasteiger partial charge is 0.237 e. The van der Waals surface area contributed by atoms with Crippen molar-refractivity contribution in [3.63, 3.8) is 0 Å². The van der Waals surface area contributed by atoms with Crippen molar-refractivity contribution in [2.45, 2.75) is 19.8 Å². The van der Waals surface area contributed by atoms with Gasteiger partial charge in [0.25, 0.3) is 0 Å². The molecular weight excluding hydrogens is 162 g/mol. The van der Waals surface area contributed by atoms with E-state index in [0.717, 1.165) is 18.4 Å². The molecule has 0 atom stereocenters. The lowest BCUT2D eigenvalue weighted by molar-refractivity contribution is 0.603. The molecule has 2 N–H and O–H groups in total. The molecule has 0 radical (unpaired) electrons. The van der Waals surface area contributed by atoms with Crippen LogP contribution in [-0.4, -0.2) is 8.42 Å². The van der Waals surface area contributed by atoms with Gasteiger partial charge in [0.15, 0.2) is 0 Å². The molecule has 1 rings (SSSR count). The summed E-state index contributed by atoms with van der Waals surface area (Å²) in [5, 5.41) is 4.96. The van der Waals surface area contributed by atoms with Gasteiger partial charge in [0.05, 0.1) is 4.91 Å². The van der Waals surface area contributed by atoms with E-state index >= 15 is 0 Å². The van der Waals surface area contributed by atoms with E-state index in [-0.39, 0.29) is 4.91 Å². The minimum Gasteiger partial charge on any atom is -0.225 e. The van der Waals surface area contributed by atoms with E-state index in [1.165, 1.54) is 0 Å². The Morgan fingerprint density at radius 3 is 2.55 bits per heavy atom. The number of primary sulfonamides is 1. The second-order valence-electron chi connectivity index (χ2n) is 2.63. The third-order valence-corrected chi connectivity index (χ3v) is 2.78. The highest BCUT2D eigenvalue weighted by atomic mass is 32.2. The van der Waals surface area contributed by atoms with E-state index in [4.69, 9.17) is 5.14 Å². The van der Waals surface area contributed by atoms with Gasteiger partial charge in [-0.3, -0.25) is 0 Å². The second kappa shape index (κ2) is 2.79. The van der Waals surface area contributed by atoms with Crippen LogP contribution in [0, 0.1) is 0 Å². The van der Waals surface area contributed by atoms with Crippen molar-refractivity contribution in [2.24, 2.45) is 5.14 Å². The summed E-state index contributed by atoms with van der Waals surface area (Å²) in [6.07, 6.45) is 5.11. The quantitative estimate of drug-likeness (QED) is 0.640. The molecule has 4 heteroatoms. The fourth-order valence-corrected chi connectivity index (χ4v) is 1.97. The van der Waals surface area contributed by atoms with Crippen LogP contribution in [-0.2, 0) is 10.0 Å². The van der Waals surface area contributed by atoms with Crippen molar-refractivity contribution in [1.29, 1.82) is 0 Å². The van der Waals surface area contributed by atoms with Gasteiger partial charge in [0, 0.05) is 0 Å². The molecule has 0 aromatic carbocycles. The number of rotatable bonds is 1. The Morgan fingerprint density at radius 1 is 1.55 bits per heavy atom. The average molecular weight is 173 g/mol. The maximum atomic E-state index is 10.9. The van der Waals surface area contributed by atoms with E-state index in [0.29, 0.717) is 0 Å². The molecule has 0 amide bonds. The summed E-state index contributed by atoms with van der Waals surface area (Å²) in [6, 6.07) is 0. The summed E-state index contributed by atoms with van der Waals surface area (Å²) in [6.45, 7) is 1.79. The second-order valence-corrected chi connectivity index (χ2v) is 4.16. The maximum Gasteiger partial charge on any atom is 0.237 e. The van der Waals surface area contributed by atoms with Gasteiger partial charge in [-0.15, -0.1) is 0 Å². The van der Waals surface area contributed by atoms with Crippen molar-refractivity contribution in [1.82, 2.24) is 0 Å². The Balaban J connectivity index is 3.13. The van der Waals surface area contributed by atoms with Crippen LogP contribution in [0.2, 0.25) is 0 Å². The third-order valence-electron chi connectivity index (χ3n) is 1.68. The summed E-state index contributed by atoms with van der Waals surface area (Å²) in [5.74, 6) is 0. The molecule has 62 valence electrons. The van der Waals surface area contributed by atoms with E-state index in [9.17, 15) is 8.42 Å². The molecular formula is C7H11NO2S. The van der Waals surface area contributed by atoms with Gasteiger partial charge in [-0.05, 0) is 25.8 Å². The van der Waals surface area contributed by atoms with Crippen LogP contribution in [0.15, 0.2) is 22.6 Å². The van der Waals surface area contributed by atoms with Crippen LogP contribution in [0.1, 0.15) is 19.8 Å². The van der Waals surface area contributed by atoms with Gasteiger partial charge in [0.2, 0.25) is 10.0 Å². The van der Waals surface area contributed by atoms with Crippen LogP contribution in [0.25, 0.3) is 0 Å².